The van der Waals surface area contributed by atoms with Crippen molar-refractivity contribution in [3.63, 3.8) is 0 Å². The summed E-state index contributed by atoms with van der Waals surface area (Å²) in [6, 6.07) is 14.4. The van der Waals surface area contributed by atoms with Crippen LogP contribution in [0.4, 0.5) is 4.39 Å². The van der Waals surface area contributed by atoms with E-state index in [2.05, 4.69) is 20.5 Å². The number of amides is 1. The second-order valence-electron chi connectivity index (χ2n) is 7.31. The van der Waals surface area contributed by atoms with Crippen LogP contribution in [0.5, 0.6) is 5.75 Å². The summed E-state index contributed by atoms with van der Waals surface area (Å²) in [5, 5.41) is 6.08. The molecule has 2 aromatic carbocycles. The topological polar surface area (TPSA) is 66.0 Å². The van der Waals surface area contributed by atoms with Gasteiger partial charge in [-0.05, 0) is 36.8 Å². The number of nitrogens with one attached hydrogen (secondary N) is 2. The van der Waals surface area contributed by atoms with Gasteiger partial charge in [-0.1, -0.05) is 24.3 Å². The number of carbonyl (C=O) groups excluding carboxylic acids is 1. The first-order valence-electron chi connectivity index (χ1n) is 10.3. The van der Waals surface area contributed by atoms with Crippen molar-refractivity contribution in [1.82, 2.24) is 15.5 Å². The summed E-state index contributed by atoms with van der Waals surface area (Å²) in [5.41, 5.74) is 0.845. The zero-order valence-electron chi connectivity index (χ0n) is 17.9. The molecule has 1 heterocycles. The Bertz CT molecular complexity index is 871. The van der Waals surface area contributed by atoms with Gasteiger partial charge in [-0.3, -0.25) is 9.79 Å². The highest BCUT2D eigenvalue weighted by Gasteiger charge is 2.22. The molecule has 0 aliphatic carbocycles. The molecule has 2 aromatic rings. The number of para-hydroxylation sites is 1. The molecule has 0 aromatic heterocycles. The fourth-order valence-corrected chi connectivity index (χ4v) is 3.40. The van der Waals surface area contributed by atoms with E-state index in [-0.39, 0.29) is 41.8 Å². The fourth-order valence-electron chi connectivity index (χ4n) is 3.40. The zero-order valence-corrected chi connectivity index (χ0v) is 20.3. The lowest BCUT2D eigenvalue weighted by Crippen LogP contribution is -2.48. The van der Waals surface area contributed by atoms with Crippen LogP contribution in [-0.4, -0.2) is 56.1 Å². The molecule has 168 valence electrons. The monoisotopic (exact) mass is 540 g/mol. The van der Waals surface area contributed by atoms with Crippen molar-refractivity contribution in [3.05, 3.63) is 65.5 Å². The summed E-state index contributed by atoms with van der Waals surface area (Å²) in [6.45, 7) is 4.33. The van der Waals surface area contributed by atoms with E-state index < -0.39 is 0 Å². The molecule has 0 atom stereocenters. The highest BCUT2D eigenvalue weighted by Crippen LogP contribution is 2.18. The normalized spacial score (nSPS) is 14.5. The number of guanidine groups is 1. The van der Waals surface area contributed by atoms with E-state index >= 15 is 0 Å². The molecule has 1 saturated heterocycles. The third-order valence-corrected chi connectivity index (χ3v) is 5.13. The molecule has 0 saturated carbocycles. The van der Waals surface area contributed by atoms with Gasteiger partial charge in [0.2, 0.25) is 0 Å². The predicted octanol–water partition coefficient (Wildman–Crippen LogP) is 3.60. The van der Waals surface area contributed by atoms with Gasteiger partial charge in [-0.2, -0.15) is 0 Å². The average Bonchev–Trinajstić information content (AvgIpc) is 2.77. The molecule has 31 heavy (non-hydrogen) atoms. The Kier molecular flexibility index (Phi) is 10.0. The highest BCUT2D eigenvalue weighted by molar-refractivity contribution is 14.0. The third kappa shape index (κ3) is 7.37. The largest absolute Gasteiger partial charge is 0.490 e. The van der Waals surface area contributed by atoms with Gasteiger partial charge >= 0.3 is 0 Å². The molecule has 3 rings (SSSR count). The first-order valence-corrected chi connectivity index (χ1v) is 10.3. The van der Waals surface area contributed by atoms with Crippen LogP contribution in [0.3, 0.4) is 0 Å². The van der Waals surface area contributed by atoms with Crippen LogP contribution in [0.2, 0.25) is 0 Å². The van der Waals surface area contributed by atoms with Gasteiger partial charge in [0.25, 0.3) is 5.91 Å². The fraction of sp³-hybridized carbons (Fsp3) is 0.391. The molecular weight excluding hydrogens is 510 g/mol. The van der Waals surface area contributed by atoms with Gasteiger partial charge in [0.05, 0.1) is 0 Å². The highest BCUT2D eigenvalue weighted by atomic mass is 127. The van der Waals surface area contributed by atoms with E-state index in [9.17, 15) is 9.18 Å². The molecule has 1 aliphatic rings. The number of piperidine rings is 1. The van der Waals surface area contributed by atoms with Gasteiger partial charge in [0.15, 0.2) is 5.96 Å². The summed E-state index contributed by atoms with van der Waals surface area (Å²) in [7, 11) is 1.75. The lowest BCUT2D eigenvalue weighted by molar-refractivity contribution is 0.0953. The number of aryl methyl sites for hydroxylation is 1. The van der Waals surface area contributed by atoms with E-state index in [0.29, 0.717) is 24.2 Å². The summed E-state index contributed by atoms with van der Waals surface area (Å²) in [4.78, 5) is 18.7. The molecule has 1 fully saturated rings. The molecule has 2 N–H and O–H groups in total. The van der Waals surface area contributed by atoms with E-state index in [1.807, 2.05) is 30.3 Å². The number of nitrogens with zero attached hydrogens (tertiary/aromatic N) is 2. The molecule has 0 bridgehead atoms. The lowest BCUT2D eigenvalue weighted by atomic mass is 10.1. The minimum Gasteiger partial charge on any atom is -0.490 e. The summed E-state index contributed by atoms with van der Waals surface area (Å²) >= 11 is 0. The van der Waals surface area contributed by atoms with Gasteiger partial charge in [0, 0.05) is 51.6 Å². The maximum atomic E-state index is 13.6. The van der Waals surface area contributed by atoms with Crippen molar-refractivity contribution in [2.75, 3.05) is 33.2 Å². The Hall–Kier alpha value is -2.36. The average molecular weight is 540 g/mol. The predicted molar refractivity (Wildman–Crippen MR) is 132 cm³/mol. The summed E-state index contributed by atoms with van der Waals surface area (Å²) in [6.07, 6.45) is 2.05. The Balaban J connectivity index is 0.00000341. The number of aliphatic imine (C=N–C) groups is 1. The SMILES string of the molecule is CN=C(NCCNC(=O)c1ccc(C)c(F)c1)N1CCC(Oc2ccccc2)CC1.I. The van der Waals surface area contributed by atoms with Crippen LogP contribution in [-0.2, 0) is 0 Å². The first kappa shape index (κ1) is 24.9. The summed E-state index contributed by atoms with van der Waals surface area (Å²) < 4.78 is 19.7. The van der Waals surface area contributed by atoms with Crippen LogP contribution in [0.1, 0.15) is 28.8 Å². The van der Waals surface area contributed by atoms with Gasteiger partial charge in [-0.25, -0.2) is 4.39 Å². The van der Waals surface area contributed by atoms with E-state index in [0.717, 1.165) is 37.6 Å². The Morgan fingerprint density at radius 1 is 1.13 bits per heavy atom. The van der Waals surface area contributed by atoms with E-state index in [1.165, 1.54) is 6.07 Å². The second-order valence-corrected chi connectivity index (χ2v) is 7.31. The van der Waals surface area contributed by atoms with Crippen molar-refractivity contribution in [3.8, 4) is 5.75 Å². The van der Waals surface area contributed by atoms with E-state index in [1.54, 1.807) is 26.1 Å². The number of hydrogen-bond acceptors (Lipinski definition) is 3. The van der Waals surface area contributed by atoms with Crippen LogP contribution in [0.15, 0.2) is 53.5 Å². The zero-order chi connectivity index (χ0) is 21.3. The molecule has 1 amide bonds. The lowest BCUT2D eigenvalue weighted by Gasteiger charge is -2.34. The molecule has 1 aliphatic heterocycles. The van der Waals surface area contributed by atoms with Gasteiger partial charge in [0.1, 0.15) is 17.7 Å². The number of halogens is 2. The van der Waals surface area contributed by atoms with Gasteiger partial charge < -0.3 is 20.3 Å². The Morgan fingerprint density at radius 3 is 2.45 bits per heavy atom. The van der Waals surface area contributed by atoms with Crippen molar-refractivity contribution in [1.29, 1.82) is 0 Å². The number of rotatable bonds is 6. The number of likely N-dealkylation sites (tertiary alicyclic amines) is 1. The van der Waals surface area contributed by atoms with Crippen molar-refractivity contribution in [2.24, 2.45) is 4.99 Å². The van der Waals surface area contributed by atoms with Crippen molar-refractivity contribution < 1.29 is 13.9 Å². The van der Waals surface area contributed by atoms with Gasteiger partial charge in [-0.15, -0.1) is 24.0 Å². The quantitative estimate of drug-likeness (QED) is 0.255. The third-order valence-electron chi connectivity index (χ3n) is 5.13. The molecule has 6 nitrogen and oxygen atoms in total. The van der Waals surface area contributed by atoms with Crippen LogP contribution in [0, 0.1) is 12.7 Å². The van der Waals surface area contributed by atoms with Crippen molar-refractivity contribution >= 4 is 35.8 Å². The number of carbonyl (C=O) groups is 1. The molecule has 0 spiro atoms. The van der Waals surface area contributed by atoms with Crippen LogP contribution in [0.25, 0.3) is 0 Å². The summed E-state index contributed by atoms with van der Waals surface area (Å²) in [5.74, 6) is 1.05. The van der Waals surface area contributed by atoms with Crippen LogP contribution < -0.4 is 15.4 Å². The van der Waals surface area contributed by atoms with Crippen LogP contribution >= 0.6 is 24.0 Å². The molecule has 0 radical (unpaired) electrons. The standard InChI is InChI=1S/C23H29FN4O2.HI/c1-17-8-9-18(16-21(17)24)22(29)26-12-13-27-23(25-2)28-14-10-20(11-15-28)30-19-6-4-3-5-7-19;/h3-9,16,20H,10-15H2,1-2H3,(H,25,27)(H,26,29);1H. The molecular formula is C23H30FIN4O2. The molecule has 0 unspecified atom stereocenters. The number of ether oxygens (including phenoxy) is 1. The minimum atomic E-state index is -0.374. The Morgan fingerprint density at radius 2 is 1.81 bits per heavy atom. The Labute approximate surface area is 200 Å². The smallest absolute Gasteiger partial charge is 0.251 e. The number of hydrogen-bond donors (Lipinski definition) is 2. The maximum Gasteiger partial charge on any atom is 0.251 e. The first-order chi connectivity index (χ1) is 14.6. The maximum absolute atomic E-state index is 13.6. The molecule has 8 heteroatoms. The van der Waals surface area contributed by atoms with E-state index in [4.69, 9.17) is 4.74 Å². The van der Waals surface area contributed by atoms with Crippen molar-refractivity contribution in [2.45, 2.75) is 25.9 Å². The number of benzene rings is 2. The second kappa shape index (κ2) is 12.5. The minimum absolute atomic E-state index is 0.